The van der Waals surface area contributed by atoms with Gasteiger partial charge in [-0.1, -0.05) is 0 Å². The summed E-state index contributed by atoms with van der Waals surface area (Å²) in [6.07, 6.45) is -4.38. The summed E-state index contributed by atoms with van der Waals surface area (Å²) in [4.78, 5) is 23.1. The number of nitrogens with one attached hydrogen (secondary N) is 2. The molecule has 0 aliphatic carbocycles. The molecule has 6 nitrogen and oxygen atoms in total. The molecule has 0 saturated heterocycles. The summed E-state index contributed by atoms with van der Waals surface area (Å²) in [5.74, 6) is 0.216. The number of halogens is 3. The zero-order chi connectivity index (χ0) is 21.4. The van der Waals surface area contributed by atoms with E-state index >= 15 is 0 Å². The molecule has 0 spiro atoms. The molecule has 0 unspecified atom stereocenters. The topological polar surface area (TPSA) is 76.7 Å². The van der Waals surface area contributed by atoms with Crippen LogP contribution in [0.15, 0.2) is 42.5 Å². The minimum atomic E-state index is -4.69. The van der Waals surface area contributed by atoms with Crippen LogP contribution in [0.2, 0.25) is 0 Å². The predicted octanol–water partition coefficient (Wildman–Crippen LogP) is 4.47. The average molecular weight is 410 g/mol. The first-order valence-corrected chi connectivity index (χ1v) is 8.74. The number of ether oxygens (including phenoxy) is 2. The highest BCUT2D eigenvalue weighted by atomic mass is 19.4. The standard InChI is InChI=1S/C20H21F3N2O4/c1-13(26)24-14-5-10-18(17(12-14)20(21,22)23)25-19(27)4-3-11-29-16-8-6-15(28-2)7-9-16/h5-10,12H,3-4,11H2,1-2H3,(H,24,26)(H,25,27). The van der Waals surface area contributed by atoms with E-state index in [2.05, 4.69) is 10.6 Å². The van der Waals surface area contributed by atoms with Crippen LogP contribution in [0.4, 0.5) is 24.5 Å². The van der Waals surface area contributed by atoms with Crippen molar-refractivity contribution in [3.63, 3.8) is 0 Å². The lowest BCUT2D eigenvalue weighted by Crippen LogP contribution is -2.18. The molecule has 29 heavy (non-hydrogen) atoms. The van der Waals surface area contributed by atoms with Crippen LogP contribution >= 0.6 is 0 Å². The molecular weight excluding hydrogens is 389 g/mol. The quantitative estimate of drug-likeness (QED) is 0.630. The Labute approximate surface area is 166 Å². The van der Waals surface area contributed by atoms with Gasteiger partial charge in [0.25, 0.3) is 0 Å². The third-order valence-corrected chi connectivity index (χ3v) is 3.80. The second-order valence-electron chi connectivity index (χ2n) is 6.12. The molecule has 0 heterocycles. The van der Waals surface area contributed by atoms with Gasteiger partial charge in [0, 0.05) is 19.0 Å². The number of methoxy groups -OCH3 is 1. The Kier molecular flexibility index (Phi) is 7.46. The summed E-state index contributed by atoms with van der Waals surface area (Å²) in [5, 5.41) is 4.55. The molecule has 2 amide bonds. The molecule has 156 valence electrons. The molecule has 0 saturated carbocycles. The summed E-state index contributed by atoms with van der Waals surface area (Å²) in [7, 11) is 1.55. The van der Waals surface area contributed by atoms with Crippen LogP contribution in [0.1, 0.15) is 25.3 Å². The summed E-state index contributed by atoms with van der Waals surface area (Å²) < 4.78 is 50.3. The molecule has 2 aromatic carbocycles. The molecular formula is C20H21F3N2O4. The van der Waals surface area contributed by atoms with Crippen LogP contribution in [-0.4, -0.2) is 25.5 Å². The summed E-state index contributed by atoms with van der Waals surface area (Å²) in [6.45, 7) is 1.42. The number of benzene rings is 2. The molecule has 9 heteroatoms. The zero-order valence-corrected chi connectivity index (χ0v) is 15.9. The monoisotopic (exact) mass is 410 g/mol. The van der Waals surface area contributed by atoms with Crippen LogP contribution in [-0.2, 0) is 15.8 Å². The van der Waals surface area contributed by atoms with E-state index in [1.165, 1.54) is 13.0 Å². The van der Waals surface area contributed by atoms with E-state index in [0.29, 0.717) is 17.9 Å². The summed E-state index contributed by atoms with van der Waals surface area (Å²) >= 11 is 0. The van der Waals surface area contributed by atoms with Crippen molar-refractivity contribution in [3.05, 3.63) is 48.0 Å². The maximum atomic E-state index is 13.3. The van der Waals surface area contributed by atoms with Crippen molar-refractivity contribution >= 4 is 23.2 Å². The van der Waals surface area contributed by atoms with E-state index < -0.39 is 23.6 Å². The van der Waals surface area contributed by atoms with Crippen molar-refractivity contribution in [3.8, 4) is 11.5 Å². The predicted molar refractivity (Wildman–Crippen MR) is 102 cm³/mol. The smallest absolute Gasteiger partial charge is 0.418 e. The van der Waals surface area contributed by atoms with Crippen LogP contribution in [0, 0.1) is 0 Å². The lowest BCUT2D eigenvalue weighted by molar-refractivity contribution is -0.137. The molecule has 2 N–H and O–H groups in total. The molecule has 0 radical (unpaired) electrons. The molecule has 0 aromatic heterocycles. The first-order chi connectivity index (χ1) is 13.7. The molecule has 0 atom stereocenters. The summed E-state index contributed by atoms with van der Waals surface area (Å²) in [5.41, 5.74) is -1.41. The second-order valence-corrected chi connectivity index (χ2v) is 6.12. The highest BCUT2D eigenvalue weighted by molar-refractivity contribution is 5.93. The van der Waals surface area contributed by atoms with Crippen molar-refractivity contribution in [2.24, 2.45) is 0 Å². The number of carbonyl (C=O) groups is 2. The van der Waals surface area contributed by atoms with Gasteiger partial charge in [-0.3, -0.25) is 9.59 Å². The molecule has 2 aromatic rings. The van der Waals surface area contributed by atoms with Gasteiger partial charge in [0.05, 0.1) is 25.0 Å². The number of hydrogen-bond donors (Lipinski definition) is 2. The fraction of sp³-hybridized carbons (Fsp3) is 0.300. The Morgan fingerprint density at radius 3 is 2.24 bits per heavy atom. The number of anilines is 2. The van der Waals surface area contributed by atoms with Crippen molar-refractivity contribution in [1.82, 2.24) is 0 Å². The number of alkyl halides is 3. The lowest BCUT2D eigenvalue weighted by Gasteiger charge is -2.15. The Morgan fingerprint density at radius 2 is 1.66 bits per heavy atom. The van der Waals surface area contributed by atoms with Crippen molar-refractivity contribution in [1.29, 1.82) is 0 Å². The Bertz CT molecular complexity index is 852. The van der Waals surface area contributed by atoms with Gasteiger partial charge in [0.2, 0.25) is 11.8 Å². The van der Waals surface area contributed by atoms with Crippen LogP contribution in [0.3, 0.4) is 0 Å². The molecule has 0 aliphatic rings. The van der Waals surface area contributed by atoms with Crippen LogP contribution in [0.25, 0.3) is 0 Å². The number of rotatable bonds is 8. The van der Waals surface area contributed by atoms with E-state index in [9.17, 15) is 22.8 Å². The van der Waals surface area contributed by atoms with Gasteiger partial charge in [-0.05, 0) is 48.9 Å². The average Bonchev–Trinajstić information content (AvgIpc) is 2.65. The van der Waals surface area contributed by atoms with Crippen LogP contribution < -0.4 is 20.1 Å². The van der Waals surface area contributed by atoms with Gasteiger partial charge in [-0.2, -0.15) is 13.2 Å². The van der Waals surface area contributed by atoms with E-state index in [1.54, 1.807) is 31.4 Å². The van der Waals surface area contributed by atoms with Crippen LogP contribution in [0.5, 0.6) is 11.5 Å². The maximum absolute atomic E-state index is 13.3. The Hall–Kier alpha value is -3.23. The Balaban J connectivity index is 1.91. The van der Waals surface area contributed by atoms with E-state index in [1.807, 2.05) is 0 Å². The SMILES string of the molecule is COc1ccc(OCCCC(=O)Nc2ccc(NC(C)=O)cc2C(F)(F)F)cc1. The van der Waals surface area contributed by atoms with Crippen molar-refractivity contribution in [2.75, 3.05) is 24.4 Å². The number of carbonyl (C=O) groups excluding carboxylic acids is 2. The van der Waals surface area contributed by atoms with Gasteiger partial charge >= 0.3 is 6.18 Å². The molecule has 0 aliphatic heterocycles. The summed E-state index contributed by atoms with van der Waals surface area (Å²) in [6, 6.07) is 10.1. The van der Waals surface area contributed by atoms with E-state index in [0.717, 1.165) is 12.1 Å². The van der Waals surface area contributed by atoms with Gasteiger partial charge in [0.15, 0.2) is 0 Å². The van der Waals surface area contributed by atoms with Crippen molar-refractivity contribution in [2.45, 2.75) is 25.9 Å². The van der Waals surface area contributed by atoms with Crippen molar-refractivity contribution < 1.29 is 32.2 Å². The zero-order valence-electron chi connectivity index (χ0n) is 15.9. The minimum Gasteiger partial charge on any atom is -0.497 e. The minimum absolute atomic E-state index is 0.00397. The largest absolute Gasteiger partial charge is 0.497 e. The van der Waals surface area contributed by atoms with E-state index in [4.69, 9.17) is 9.47 Å². The van der Waals surface area contributed by atoms with Gasteiger partial charge in [-0.25, -0.2) is 0 Å². The van der Waals surface area contributed by atoms with Gasteiger partial charge in [0.1, 0.15) is 11.5 Å². The fourth-order valence-electron chi connectivity index (χ4n) is 2.48. The second kappa shape index (κ2) is 9.81. The third kappa shape index (κ3) is 7.02. The van der Waals surface area contributed by atoms with Gasteiger partial charge < -0.3 is 20.1 Å². The highest BCUT2D eigenvalue weighted by Crippen LogP contribution is 2.36. The molecule has 2 rings (SSSR count). The normalized spacial score (nSPS) is 10.9. The first-order valence-electron chi connectivity index (χ1n) is 8.74. The number of amides is 2. The molecule has 0 fully saturated rings. The molecule has 0 bridgehead atoms. The first kappa shape index (κ1) is 22.1. The van der Waals surface area contributed by atoms with Gasteiger partial charge in [-0.15, -0.1) is 0 Å². The Morgan fingerprint density at radius 1 is 1.00 bits per heavy atom. The maximum Gasteiger partial charge on any atom is 0.418 e. The lowest BCUT2D eigenvalue weighted by atomic mass is 10.1. The van der Waals surface area contributed by atoms with E-state index in [-0.39, 0.29) is 24.4 Å². The number of hydrogen-bond acceptors (Lipinski definition) is 4. The highest BCUT2D eigenvalue weighted by Gasteiger charge is 2.34. The fourth-order valence-corrected chi connectivity index (χ4v) is 2.48. The third-order valence-electron chi connectivity index (χ3n) is 3.80.